The predicted octanol–water partition coefficient (Wildman–Crippen LogP) is 4.15. The first kappa shape index (κ1) is 13.9. The van der Waals surface area contributed by atoms with Gasteiger partial charge in [0.05, 0.1) is 6.04 Å². The second-order valence-electron chi connectivity index (χ2n) is 6.10. The summed E-state index contributed by atoms with van der Waals surface area (Å²) in [5, 5.41) is 0. The zero-order valence-electron chi connectivity index (χ0n) is 12.1. The Morgan fingerprint density at radius 2 is 1.89 bits per heavy atom. The highest BCUT2D eigenvalue weighted by Crippen LogP contribution is 2.31. The number of piperidine rings is 1. The van der Waals surface area contributed by atoms with Crippen molar-refractivity contribution in [1.29, 1.82) is 0 Å². The van der Waals surface area contributed by atoms with E-state index in [-0.39, 0.29) is 12.1 Å². The van der Waals surface area contributed by atoms with Crippen molar-refractivity contribution in [1.82, 2.24) is 4.90 Å². The van der Waals surface area contributed by atoms with E-state index in [9.17, 15) is 4.79 Å². The molecule has 0 aliphatic carbocycles. The Morgan fingerprint density at radius 3 is 2.53 bits per heavy atom. The average Bonchev–Trinajstić information content (AvgIpc) is 2.38. The Kier molecular flexibility index (Phi) is 4.13. The minimum atomic E-state index is -0.435. The minimum Gasteiger partial charge on any atom is -0.444 e. The molecule has 1 aromatic rings. The summed E-state index contributed by atoms with van der Waals surface area (Å²) in [6.07, 6.45) is 3.05. The maximum Gasteiger partial charge on any atom is 0.410 e. The highest BCUT2D eigenvalue weighted by atomic mass is 16.6. The molecule has 3 nitrogen and oxygen atoms in total. The van der Waals surface area contributed by atoms with E-state index in [2.05, 4.69) is 12.1 Å². The molecule has 0 bridgehead atoms. The summed E-state index contributed by atoms with van der Waals surface area (Å²) in [6, 6.07) is 10.4. The summed E-state index contributed by atoms with van der Waals surface area (Å²) in [5.41, 5.74) is 0.767. The number of nitrogens with zero attached hydrogens (tertiary/aromatic N) is 1. The molecule has 0 N–H and O–H groups in total. The zero-order chi connectivity index (χ0) is 13.9. The van der Waals surface area contributed by atoms with Crippen molar-refractivity contribution in [2.24, 2.45) is 0 Å². The molecule has 0 radical (unpaired) electrons. The molecule has 2 rings (SSSR count). The molecule has 1 heterocycles. The molecule has 0 spiro atoms. The summed E-state index contributed by atoms with van der Waals surface area (Å²) < 4.78 is 5.52. The quantitative estimate of drug-likeness (QED) is 0.760. The molecule has 1 aromatic carbocycles. The van der Waals surface area contributed by atoms with Gasteiger partial charge >= 0.3 is 6.09 Å². The summed E-state index contributed by atoms with van der Waals surface area (Å²) >= 11 is 0. The first-order valence-corrected chi connectivity index (χ1v) is 7.02. The topological polar surface area (TPSA) is 29.5 Å². The number of carbonyl (C=O) groups is 1. The third kappa shape index (κ3) is 3.72. The minimum absolute atomic E-state index is 0.157. The Hall–Kier alpha value is -1.51. The Labute approximate surface area is 115 Å². The lowest BCUT2D eigenvalue weighted by Crippen LogP contribution is -2.41. The molecular formula is C16H23NO2. The molecule has 1 fully saturated rings. The van der Waals surface area contributed by atoms with E-state index < -0.39 is 5.60 Å². The van der Waals surface area contributed by atoms with Gasteiger partial charge < -0.3 is 9.64 Å². The van der Waals surface area contributed by atoms with Crippen LogP contribution >= 0.6 is 0 Å². The van der Waals surface area contributed by atoms with Crippen LogP contribution in [0.1, 0.15) is 51.6 Å². The van der Waals surface area contributed by atoms with Crippen molar-refractivity contribution in [3.8, 4) is 0 Å². The van der Waals surface area contributed by atoms with Crippen LogP contribution < -0.4 is 0 Å². The standard InChI is InChI=1S/C16H23NO2/c1-16(2,3)19-15(18)17-12-8-7-11-14(17)13-9-5-4-6-10-13/h4-6,9-10,14H,7-8,11-12H2,1-3H3. The third-order valence-corrected chi connectivity index (χ3v) is 3.32. The van der Waals surface area contributed by atoms with Crippen LogP contribution in [0.25, 0.3) is 0 Å². The van der Waals surface area contributed by atoms with Crippen molar-refractivity contribution in [3.63, 3.8) is 0 Å². The van der Waals surface area contributed by atoms with Crippen LogP contribution in [0.3, 0.4) is 0 Å². The lowest BCUT2D eigenvalue weighted by molar-refractivity contribution is 0.00952. The second-order valence-corrected chi connectivity index (χ2v) is 6.10. The number of carbonyl (C=O) groups excluding carboxylic acids is 1. The van der Waals surface area contributed by atoms with E-state index in [1.807, 2.05) is 43.9 Å². The van der Waals surface area contributed by atoms with Gasteiger partial charge in [-0.3, -0.25) is 0 Å². The van der Waals surface area contributed by atoms with Crippen LogP contribution in [-0.4, -0.2) is 23.1 Å². The van der Waals surface area contributed by atoms with Crippen LogP contribution in [-0.2, 0) is 4.74 Å². The number of hydrogen-bond donors (Lipinski definition) is 0. The monoisotopic (exact) mass is 261 g/mol. The van der Waals surface area contributed by atoms with Gasteiger partial charge in [-0.1, -0.05) is 30.3 Å². The molecule has 1 amide bonds. The molecule has 1 saturated heterocycles. The largest absolute Gasteiger partial charge is 0.444 e. The number of amides is 1. The lowest BCUT2D eigenvalue weighted by atomic mass is 9.96. The van der Waals surface area contributed by atoms with E-state index in [0.717, 1.165) is 19.4 Å². The highest BCUT2D eigenvalue weighted by molar-refractivity contribution is 5.69. The molecule has 0 saturated carbocycles. The Morgan fingerprint density at radius 1 is 1.21 bits per heavy atom. The van der Waals surface area contributed by atoms with E-state index in [1.165, 1.54) is 12.0 Å². The van der Waals surface area contributed by atoms with Gasteiger partial charge in [0.25, 0.3) is 0 Å². The average molecular weight is 261 g/mol. The molecule has 0 aromatic heterocycles. The van der Waals surface area contributed by atoms with E-state index in [4.69, 9.17) is 4.74 Å². The molecular weight excluding hydrogens is 238 g/mol. The summed E-state index contributed by atoms with van der Waals surface area (Å²) in [7, 11) is 0. The van der Waals surface area contributed by atoms with Gasteiger partial charge in [-0.2, -0.15) is 0 Å². The Bertz CT molecular complexity index is 422. The fraction of sp³-hybridized carbons (Fsp3) is 0.562. The first-order valence-electron chi connectivity index (χ1n) is 7.02. The fourth-order valence-electron chi connectivity index (χ4n) is 2.49. The van der Waals surface area contributed by atoms with Crippen molar-refractivity contribution in [3.05, 3.63) is 35.9 Å². The molecule has 104 valence electrons. The van der Waals surface area contributed by atoms with Gasteiger partial charge in [0.15, 0.2) is 0 Å². The predicted molar refractivity (Wildman–Crippen MR) is 76.0 cm³/mol. The molecule has 3 heteroatoms. The summed E-state index contributed by atoms with van der Waals surface area (Å²) in [4.78, 5) is 14.2. The zero-order valence-corrected chi connectivity index (χ0v) is 12.1. The number of likely N-dealkylation sites (tertiary alicyclic amines) is 1. The van der Waals surface area contributed by atoms with Gasteiger partial charge in [-0.15, -0.1) is 0 Å². The van der Waals surface area contributed by atoms with Gasteiger partial charge in [-0.25, -0.2) is 4.79 Å². The van der Waals surface area contributed by atoms with Gasteiger partial charge in [-0.05, 0) is 45.6 Å². The molecule has 1 atom stereocenters. The molecule has 19 heavy (non-hydrogen) atoms. The highest BCUT2D eigenvalue weighted by Gasteiger charge is 2.31. The number of benzene rings is 1. The maximum absolute atomic E-state index is 12.3. The van der Waals surface area contributed by atoms with Crippen molar-refractivity contribution in [2.45, 2.75) is 51.7 Å². The van der Waals surface area contributed by atoms with Gasteiger partial charge in [0.2, 0.25) is 0 Å². The first-order chi connectivity index (χ1) is 8.97. The van der Waals surface area contributed by atoms with Crippen molar-refractivity contribution in [2.75, 3.05) is 6.54 Å². The van der Waals surface area contributed by atoms with E-state index >= 15 is 0 Å². The fourth-order valence-corrected chi connectivity index (χ4v) is 2.49. The maximum atomic E-state index is 12.3. The Balaban J connectivity index is 2.15. The third-order valence-electron chi connectivity index (χ3n) is 3.32. The summed E-state index contributed by atoms with van der Waals surface area (Å²) in [6.45, 7) is 6.51. The van der Waals surface area contributed by atoms with Crippen LogP contribution in [0.5, 0.6) is 0 Å². The van der Waals surface area contributed by atoms with Gasteiger partial charge in [0, 0.05) is 6.54 Å². The normalized spacial score (nSPS) is 20.2. The van der Waals surface area contributed by atoms with E-state index in [0.29, 0.717) is 0 Å². The number of ether oxygens (including phenoxy) is 1. The number of hydrogen-bond acceptors (Lipinski definition) is 2. The molecule has 1 aliphatic rings. The number of rotatable bonds is 1. The summed E-state index contributed by atoms with van der Waals surface area (Å²) in [5.74, 6) is 0. The van der Waals surface area contributed by atoms with E-state index in [1.54, 1.807) is 0 Å². The van der Waals surface area contributed by atoms with Crippen LogP contribution in [0, 0.1) is 0 Å². The van der Waals surface area contributed by atoms with Gasteiger partial charge in [0.1, 0.15) is 5.60 Å². The van der Waals surface area contributed by atoms with Crippen LogP contribution in [0.4, 0.5) is 4.79 Å². The van der Waals surface area contributed by atoms with Crippen LogP contribution in [0.2, 0.25) is 0 Å². The van der Waals surface area contributed by atoms with Crippen molar-refractivity contribution < 1.29 is 9.53 Å². The van der Waals surface area contributed by atoms with Crippen molar-refractivity contribution >= 4 is 6.09 Å². The second kappa shape index (κ2) is 5.64. The molecule has 1 aliphatic heterocycles. The smallest absolute Gasteiger partial charge is 0.410 e. The van der Waals surface area contributed by atoms with Crippen LogP contribution in [0.15, 0.2) is 30.3 Å². The lowest BCUT2D eigenvalue weighted by Gasteiger charge is -2.37. The SMILES string of the molecule is CC(C)(C)OC(=O)N1CCCCC1c1ccccc1. The molecule has 1 unspecified atom stereocenters.